The summed E-state index contributed by atoms with van der Waals surface area (Å²) in [6.07, 6.45) is 0.526. The first-order valence-corrected chi connectivity index (χ1v) is 11.5. The number of H-pyrrole nitrogens is 1. The summed E-state index contributed by atoms with van der Waals surface area (Å²) in [6, 6.07) is 20.9. The van der Waals surface area contributed by atoms with Crippen LogP contribution in [0.2, 0.25) is 5.02 Å². The van der Waals surface area contributed by atoms with Gasteiger partial charge in [0, 0.05) is 21.4 Å². The molecule has 5 nitrogen and oxygen atoms in total. The Morgan fingerprint density at radius 1 is 0.971 bits per heavy atom. The van der Waals surface area contributed by atoms with Crippen molar-refractivity contribution < 1.29 is 5.11 Å². The molecule has 1 aromatic heterocycles. The first-order valence-electron chi connectivity index (χ1n) is 11.1. The monoisotopic (exact) mass is 474 g/mol. The highest BCUT2D eigenvalue weighted by molar-refractivity contribution is 6.33. The second-order valence-electron chi connectivity index (χ2n) is 8.59. The van der Waals surface area contributed by atoms with Crippen molar-refractivity contribution in [2.75, 3.05) is 0 Å². The molecule has 0 bridgehead atoms. The van der Waals surface area contributed by atoms with Crippen molar-refractivity contribution in [3.8, 4) is 35.4 Å². The lowest BCUT2D eigenvalue weighted by Crippen LogP contribution is -2.19. The van der Waals surface area contributed by atoms with Gasteiger partial charge in [0.15, 0.2) is 0 Å². The Hall–Kier alpha value is -4.34. The molecule has 35 heavy (non-hydrogen) atoms. The summed E-state index contributed by atoms with van der Waals surface area (Å²) in [5.74, 6) is 6.48. The third-order valence-electron chi connectivity index (χ3n) is 6.23. The Kier molecular flexibility index (Phi) is 5.43. The summed E-state index contributed by atoms with van der Waals surface area (Å²) in [7, 11) is 0. The summed E-state index contributed by atoms with van der Waals surface area (Å²) >= 11 is 6.37. The standard InChI is InChI=1S/C29H19ClN4O/c1-3-29(2,35)12-11-17-7-9-21-23(13-17)24-14-20(30)8-10-22(24)27-26(21)33-28(34-27)25-18(15-31)5-4-6-19(25)16-32/h4-10,13-14,35H,3H2,1-2H3,(H,33,34). The fraction of sp³-hybridized carbons (Fsp3) is 0.138. The molecule has 0 saturated carbocycles. The zero-order valence-electron chi connectivity index (χ0n) is 19.1. The molecule has 0 aliphatic heterocycles. The number of benzene rings is 4. The minimum atomic E-state index is -1.06. The number of hydrogen-bond acceptors (Lipinski definition) is 4. The topological polar surface area (TPSA) is 96.5 Å². The highest BCUT2D eigenvalue weighted by atomic mass is 35.5. The minimum absolute atomic E-state index is 0.375. The lowest BCUT2D eigenvalue weighted by atomic mass is 9.97. The SMILES string of the molecule is CCC(C)(O)C#Cc1ccc2c(c1)c1cc(Cl)ccc1c1nc(-c3c(C#N)cccc3C#N)[nH]c21. The second-order valence-corrected chi connectivity index (χ2v) is 9.02. The quantitative estimate of drug-likeness (QED) is 0.227. The zero-order valence-corrected chi connectivity index (χ0v) is 19.8. The van der Waals surface area contributed by atoms with Gasteiger partial charge in [0.2, 0.25) is 0 Å². The van der Waals surface area contributed by atoms with E-state index in [0.717, 1.165) is 38.1 Å². The van der Waals surface area contributed by atoms with Crippen LogP contribution in [0.1, 0.15) is 37.0 Å². The molecule has 0 saturated heterocycles. The van der Waals surface area contributed by atoms with Crippen LogP contribution >= 0.6 is 11.6 Å². The van der Waals surface area contributed by atoms with Gasteiger partial charge < -0.3 is 10.1 Å². The predicted molar refractivity (Wildman–Crippen MR) is 139 cm³/mol. The molecule has 1 unspecified atom stereocenters. The van der Waals surface area contributed by atoms with Crippen molar-refractivity contribution in [2.24, 2.45) is 0 Å². The molecule has 0 spiro atoms. The number of hydrogen-bond donors (Lipinski definition) is 2. The highest BCUT2D eigenvalue weighted by Gasteiger charge is 2.19. The lowest BCUT2D eigenvalue weighted by molar-refractivity contribution is 0.118. The first-order chi connectivity index (χ1) is 16.8. The van der Waals surface area contributed by atoms with E-state index in [2.05, 4.69) is 29.0 Å². The maximum absolute atomic E-state index is 10.3. The van der Waals surface area contributed by atoms with Crippen molar-refractivity contribution in [1.82, 2.24) is 9.97 Å². The number of nitrogens with zero attached hydrogens (tertiary/aromatic N) is 3. The van der Waals surface area contributed by atoms with Crippen LogP contribution in [-0.2, 0) is 0 Å². The number of nitrogens with one attached hydrogen (secondary N) is 1. The van der Waals surface area contributed by atoms with Crippen LogP contribution in [-0.4, -0.2) is 20.7 Å². The molecule has 6 heteroatoms. The fourth-order valence-electron chi connectivity index (χ4n) is 4.18. The summed E-state index contributed by atoms with van der Waals surface area (Å²) in [5, 5.41) is 33.9. The number of rotatable bonds is 2. The van der Waals surface area contributed by atoms with Gasteiger partial charge in [0.05, 0.1) is 39.9 Å². The molecule has 5 rings (SSSR count). The smallest absolute Gasteiger partial charge is 0.141 e. The number of fused-ring (bicyclic) bond motifs is 6. The Balaban J connectivity index is 1.86. The van der Waals surface area contributed by atoms with E-state index in [0.29, 0.717) is 34.0 Å². The van der Waals surface area contributed by atoms with Crippen LogP contribution in [0.25, 0.3) is 44.0 Å². The molecule has 0 aliphatic rings. The minimum Gasteiger partial charge on any atom is -0.378 e. The Morgan fingerprint density at radius 3 is 2.34 bits per heavy atom. The van der Waals surface area contributed by atoms with E-state index in [1.807, 2.05) is 43.3 Å². The van der Waals surface area contributed by atoms with Crippen LogP contribution < -0.4 is 0 Å². The maximum Gasteiger partial charge on any atom is 0.141 e. The Bertz CT molecular complexity index is 1770. The van der Waals surface area contributed by atoms with E-state index in [4.69, 9.17) is 16.6 Å². The zero-order chi connectivity index (χ0) is 24.7. The normalized spacial score (nSPS) is 12.6. The van der Waals surface area contributed by atoms with E-state index in [9.17, 15) is 15.6 Å². The van der Waals surface area contributed by atoms with E-state index in [-0.39, 0.29) is 0 Å². The Morgan fingerprint density at radius 2 is 1.66 bits per heavy atom. The molecule has 168 valence electrons. The molecule has 5 aromatic rings. The van der Waals surface area contributed by atoms with E-state index in [1.165, 1.54) is 0 Å². The molecule has 0 radical (unpaired) electrons. The van der Waals surface area contributed by atoms with Gasteiger partial charge in [0.1, 0.15) is 11.4 Å². The van der Waals surface area contributed by atoms with Gasteiger partial charge in [-0.15, -0.1) is 0 Å². The predicted octanol–water partition coefficient (Wildman–Crippen LogP) is 6.45. The van der Waals surface area contributed by atoms with Crippen LogP contribution in [0.3, 0.4) is 0 Å². The van der Waals surface area contributed by atoms with Gasteiger partial charge >= 0.3 is 0 Å². The number of aliphatic hydroxyl groups is 1. The van der Waals surface area contributed by atoms with Crippen molar-refractivity contribution in [3.63, 3.8) is 0 Å². The van der Waals surface area contributed by atoms with Gasteiger partial charge in [-0.25, -0.2) is 4.98 Å². The van der Waals surface area contributed by atoms with Crippen LogP contribution in [0.5, 0.6) is 0 Å². The summed E-state index contributed by atoms with van der Waals surface area (Å²) in [4.78, 5) is 8.22. The third-order valence-corrected chi connectivity index (χ3v) is 6.46. The largest absolute Gasteiger partial charge is 0.378 e. The number of imidazole rings is 1. The summed E-state index contributed by atoms with van der Waals surface area (Å²) in [5.41, 5.74) is 2.46. The number of halogens is 1. The van der Waals surface area contributed by atoms with Crippen molar-refractivity contribution in [3.05, 3.63) is 76.3 Å². The van der Waals surface area contributed by atoms with Crippen molar-refractivity contribution in [1.29, 1.82) is 10.5 Å². The van der Waals surface area contributed by atoms with Crippen molar-refractivity contribution >= 4 is 44.2 Å². The van der Waals surface area contributed by atoms with Crippen LogP contribution in [0, 0.1) is 34.5 Å². The number of nitriles is 2. The van der Waals surface area contributed by atoms with E-state index >= 15 is 0 Å². The molecule has 1 atom stereocenters. The van der Waals surface area contributed by atoms with Gasteiger partial charge in [0.25, 0.3) is 0 Å². The van der Waals surface area contributed by atoms with E-state index in [1.54, 1.807) is 25.1 Å². The van der Waals surface area contributed by atoms with Gasteiger partial charge in [-0.05, 0) is 60.5 Å². The molecule has 0 amide bonds. The van der Waals surface area contributed by atoms with Gasteiger partial charge in [-0.2, -0.15) is 10.5 Å². The summed E-state index contributed by atoms with van der Waals surface area (Å²) in [6.45, 7) is 3.58. The lowest BCUT2D eigenvalue weighted by Gasteiger charge is -2.12. The van der Waals surface area contributed by atoms with Crippen molar-refractivity contribution in [2.45, 2.75) is 25.9 Å². The molecule has 0 aliphatic carbocycles. The highest BCUT2D eigenvalue weighted by Crippen LogP contribution is 2.38. The van der Waals surface area contributed by atoms with Gasteiger partial charge in [-0.1, -0.05) is 48.6 Å². The van der Waals surface area contributed by atoms with Gasteiger partial charge in [-0.3, -0.25) is 0 Å². The average Bonchev–Trinajstić information content (AvgIpc) is 3.32. The molecular weight excluding hydrogens is 456 g/mol. The first kappa shape index (κ1) is 22.5. The van der Waals surface area contributed by atoms with Crippen LogP contribution in [0.15, 0.2) is 54.6 Å². The third kappa shape index (κ3) is 3.86. The Labute approximate surface area is 207 Å². The molecular formula is C29H19ClN4O. The summed E-state index contributed by atoms with van der Waals surface area (Å²) < 4.78 is 0. The second kappa shape index (κ2) is 8.46. The maximum atomic E-state index is 10.3. The molecule has 4 aromatic carbocycles. The average molecular weight is 475 g/mol. The van der Waals surface area contributed by atoms with Crippen LogP contribution in [0.4, 0.5) is 0 Å². The fourth-order valence-corrected chi connectivity index (χ4v) is 4.35. The molecule has 1 heterocycles. The molecule has 0 fully saturated rings. The molecule has 2 N–H and O–H groups in total. The van der Waals surface area contributed by atoms with E-state index < -0.39 is 5.60 Å². The number of aromatic amines is 1. The number of aromatic nitrogens is 2.